The van der Waals surface area contributed by atoms with Gasteiger partial charge in [0, 0.05) is 30.2 Å². The molecule has 0 radical (unpaired) electrons. The van der Waals surface area contributed by atoms with E-state index >= 15 is 0 Å². The van der Waals surface area contributed by atoms with Gasteiger partial charge in [0.1, 0.15) is 5.82 Å². The summed E-state index contributed by atoms with van der Waals surface area (Å²) < 4.78 is 13.5. The lowest BCUT2D eigenvalue weighted by molar-refractivity contribution is -0.132. The molecular formula is C17H25FN2OS. The molecule has 1 aliphatic heterocycles. The molecule has 0 unspecified atom stereocenters. The summed E-state index contributed by atoms with van der Waals surface area (Å²) in [7, 11) is 1.98. The van der Waals surface area contributed by atoms with Gasteiger partial charge >= 0.3 is 0 Å². The van der Waals surface area contributed by atoms with E-state index in [-0.39, 0.29) is 11.7 Å². The largest absolute Gasteiger partial charge is 0.343 e. The highest BCUT2D eigenvalue weighted by Crippen LogP contribution is 2.24. The first-order valence-electron chi connectivity index (χ1n) is 8.00. The van der Waals surface area contributed by atoms with Gasteiger partial charge < -0.3 is 10.2 Å². The maximum atomic E-state index is 13.5. The van der Waals surface area contributed by atoms with Gasteiger partial charge in [-0.2, -0.15) is 0 Å². The SMILES string of the molecule is CNCCC1CCN(C(=O)CCSc2ccccc2F)CC1. The second-order valence-corrected chi connectivity index (χ2v) is 6.88. The molecule has 0 aromatic heterocycles. The third-order valence-corrected chi connectivity index (χ3v) is 5.23. The average Bonchev–Trinajstić information content (AvgIpc) is 2.55. The second kappa shape index (κ2) is 9.16. The van der Waals surface area contributed by atoms with E-state index in [1.807, 2.05) is 18.0 Å². The Labute approximate surface area is 136 Å². The van der Waals surface area contributed by atoms with Crippen LogP contribution in [-0.4, -0.2) is 43.2 Å². The average molecular weight is 324 g/mol. The summed E-state index contributed by atoms with van der Waals surface area (Å²) in [6.45, 7) is 2.80. The lowest BCUT2D eigenvalue weighted by Gasteiger charge is -2.32. The lowest BCUT2D eigenvalue weighted by atomic mass is 9.93. The molecule has 22 heavy (non-hydrogen) atoms. The van der Waals surface area contributed by atoms with E-state index in [1.165, 1.54) is 24.2 Å². The molecule has 5 heteroatoms. The zero-order valence-corrected chi connectivity index (χ0v) is 14.0. The molecule has 2 rings (SSSR count). The Balaban J connectivity index is 1.67. The summed E-state index contributed by atoms with van der Waals surface area (Å²) in [5.74, 6) is 1.38. The number of carbonyl (C=O) groups excluding carboxylic acids is 1. The van der Waals surface area contributed by atoms with Crippen molar-refractivity contribution in [3.05, 3.63) is 30.1 Å². The number of likely N-dealkylation sites (tertiary alicyclic amines) is 1. The molecule has 1 N–H and O–H groups in total. The first-order valence-corrected chi connectivity index (χ1v) is 8.99. The third-order valence-electron chi connectivity index (χ3n) is 4.18. The highest BCUT2D eigenvalue weighted by molar-refractivity contribution is 7.99. The van der Waals surface area contributed by atoms with Crippen LogP contribution in [0.3, 0.4) is 0 Å². The third kappa shape index (κ3) is 5.29. The number of piperidine rings is 1. The molecule has 0 aliphatic carbocycles. The topological polar surface area (TPSA) is 32.3 Å². The minimum atomic E-state index is -0.203. The van der Waals surface area contributed by atoms with Gasteiger partial charge in [-0.15, -0.1) is 11.8 Å². The predicted octanol–water partition coefficient (Wildman–Crippen LogP) is 3.16. The molecule has 0 saturated carbocycles. The van der Waals surface area contributed by atoms with E-state index < -0.39 is 0 Å². The van der Waals surface area contributed by atoms with Crippen LogP contribution in [0.5, 0.6) is 0 Å². The number of rotatable bonds is 7. The smallest absolute Gasteiger partial charge is 0.223 e. The summed E-state index contributed by atoms with van der Waals surface area (Å²) in [4.78, 5) is 14.8. The van der Waals surface area contributed by atoms with Crippen LogP contribution < -0.4 is 5.32 Å². The minimum absolute atomic E-state index is 0.203. The van der Waals surface area contributed by atoms with E-state index in [9.17, 15) is 9.18 Å². The fourth-order valence-electron chi connectivity index (χ4n) is 2.79. The fraction of sp³-hybridized carbons (Fsp3) is 0.588. The van der Waals surface area contributed by atoms with Crippen molar-refractivity contribution in [1.29, 1.82) is 0 Å². The van der Waals surface area contributed by atoms with E-state index in [0.717, 1.165) is 38.4 Å². The summed E-state index contributed by atoms with van der Waals surface area (Å²) in [6, 6.07) is 6.73. The van der Waals surface area contributed by atoms with Crippen LogP contribution in [0.2, 0.25) is 0 Å². The van der Waals surface area contributed by atoms with E-state index in [0.29, 0.717) is 17.1 Å². The molecule has 1 aromatic rings. The molecule has 0 atom stereocenters. The van der Waals surface area contributed by atoms with Gasteiger partial charge in [-0.3, -0.25) is 4.79 Å². The summed E-state index contributed by atoms with van der Waals surface area (Å²) in [6.07, 6.45) is 3.89. The second-order valence-electron chi connectivity index (χ2n) is 5.75. The Morgan fingerprint density at radius 3 is 2.77 bits per heavy atom. The van der Waals surface area contributed by atoms with Gasteiger partial charge in [-0.25, -0.2) is 4.39 Å². The van der Waals surface area contributed by atoms with Crippen LogP contribution in [0.15, 0.2) is 29.2 Å². The number of benzene rings is 1. The quantitative estimate of drug-likeness (QED) is 0.782. The van der Waals surface area contributed by atoms with Crippen LogP contribution >= 0.6 is 11.8 Å². The molecule has 1 amide bonds. The van der Waals surface area contributed by atoms with Crippen LogP contribution in [0.4, 0.5) is 4.39 Å². The molecule has 3 nitrogen and oxygen atoms in total. The van der Waals surface area contributed by atoms with E-state index in [1.54, 1.807) is 12.1 Å². The summed E-state index contributed by atoms with van der Waals surface area (Å²) in [5.41, 5.74) is 0. The molecule has 122 valence electrons. The van der Waals surface area contributed by atoms with Crippen LogP contribution in [0.25, 0.3) is 0 Å². The van der Waals surface area contributed by atoms with Gasteiger partial charge in [-0.1, -0.05) is 12.1 Å². The van der Waals surface area contributed by atoms with Crippen LogP contribution in [0.1, 0.15) is 25.7 Å². The molecule has 1 aromatic carbocycles. The number of hydrogen-bond donors (Lipinski definition) is 1. The Bertz CT molecular complexity index is 475. The monoisotopic (exact) mass is 324 g/mol. The Morgan fingerprint density at radius 2 is 2.09 bits per heavy atom. The van der Waals surface area contributed by atoms with Gasteiger partial charge in [0.15, 0.2) is 0 Å². The van der Waals surface area contributed by atoms with E-state index in [4.69, 9.17) is 0 Å². The number of carbonyl (C=O) groups is 1. The fourth-order valence-corrected chi connectivity index (χ4v) is 3.67. The maximum Gasteiger partial charge on any atom is 0.223 e. The van der Waals surface area contributed by atoms with Gasteiger partial charge in [0.25, 0.3) is 0 Å². The van der Waals surface area contributed by atoms with Gasteiger partial charge in [-0.05, 0) is 50.9 Å². The number of amides is 1. The van der Waals surface area contributed by atoms with Crippen molar-refractivity contribution in [2.24, 2.45) is 5.92 Å². The van der Waals surface area contributed by atoms with Crippen molar-refractivity contribution in [3.8, 4) is 0 Å². The Kier molecular flexibility index (Phi) is 7.19. The number of halogens is 1. The minimum Gasteiger partial charge on any atom is -0.343 e. The normalized spacial score (nSPS) is 16.0. The first kappa shape index (κ1) is 17.3. The zero-order valence-electron chi connectivity index (χ0n) is 13.2. The van der Waals surface area contributed by atoms with Gasteiger partial charge in [0.2, 0.25) is 5.91 Å². The summed E-state index contributed by atoms with van der Waals surface area (Å²) >= 11 is 1.42. The molecule has 1 heterocycles. The Hall–Kier alpha value is -1.07. The van der Waals surface area contributed by atoms with Crippen LogP contribution in [0, 0.1) is 11.7 Å². The van der Waals surface area contributed by atoms with Gasteiger partial charge in [0.05, 0.1) is 0 Å². The van der Waals surface area contributed by atoms with Crippen molar-refractivity contribution >= 4 is 17.7 Å². The highest BCUT2D eigenvalue weighted by atomic mass is 32.2. The molecule has 1 aliphatic rings. The van der Waals surface area contributed by atoms with Crippen molar-refractivity contribution in [3.63, 3.8) is 0 Å². The maximum absolute atomic E-state index is 13.5. The summed E-state index contributed by atoms with van der Waals surface area (Å²) in [5, 5.41) is 3.18. The van der Waals surface area contributed by atoms with Crippen molar-refractivity contribution < 1.29 is 9.18 Å². The number of thioether (sulfide) groups is 1. The number of nitrogens with zero attached hydrogens (tertiary/aromatic N) is 1. The number of hydrogen-bond acceptors (Lipinski definition) is 3. The number of nitrogens with one attached hydrogen (secondary N) is 1. The first-order chi connectivity index (χ1) is 10.7. The van der Waals surface area contributed by atoms with Crippen molar-refractivity contribution in [2.45, 2.75) is 30.6 Å². The van der Waals surface area contributed by atoms with Crippen molar-refractivity contribution in [1.82, 2.24) is 10.2 Å². The van der Waals surface area contributed by atoms with Crippen LogP contribution in [-0.2, 0) is 4.79 Å². The molecule has 1 saturated heterocycles. The van der Waals surface area contributed by atoms with Crippen molar-refractivity contribution in [2.75, 3.05) is 32.4 Å². The standard InChI is InChI=1S/C17H25FN2OS/c1-19-10-6-14-7-11-20(12-8-14)17(21)9-13-22-16-5-3-2-4-15(16)18/h2-5,14,19H,6-13H2,1H3. The predicted molar refractivity (Wildman–Crippen MR) is 89.6 cm³/mol. The highest BCUT2D eigenvalue weighted by Gasteiger charge is 2.22. The molecule has 0 spiro atoms. The van der Waals surface area contributed by atoms with E-state index in [2.05, 4.69) is 5.32 Å². The molecule has 1 fully saturated rings. The molecular weight excluding hydrogens is 299 g/mol. The zero-order chi connectivity index (χ0) is 15.8. The molecule has 0 bridgehead atoms. The Morgan fingerprint density at radius 1 is 1.36 bits per heavy atom. The lowest BCUT2D eigenvalue weighted by Crippen LogP contribution is -2.39.